The Labute approximate surface area is 158 Å². The molecule has 0 atom stereocenters. The van der Waals surface area contributed by atoms with Crippen molar-refractivity contribution in [2.45, 2.75) is 51.5 Å². The Kier molecular flexibility index (Phi) is 6.42. The van der Waals surface area contributed by atoms with Gasteiger partial charge in [-0.2, -0.15) is 0 Å². The van der Waals surface area contributed by atoms with Crippen molar-refractivity contribution in [3.63, 3.8) is 0 Å². The molecule has 1 N–H and O–H groups in total. The van der Waals surface area contributed by atoms with Crippen LogP contribution in [0.25, 0.3) is 11.4 Å². The first-order valence-electron chi connectivity index (χ1n) is 9.71. The average molecular weight is 374 g/mol. The maximum atomic E-state index is 13.1. The van der Waals surface area contributed by atoms with Gasteiger partial charge >= 0.3 is 5.69 Å². The molecule has 1 heterocycles. The van der Waals surface area contributed by atoms with Crippen molar-refractivity contribution >= 4 is 5.91 Å². The zero-order valence-electron chi connectivity index (χ0n) is 15.8. The van der Waals surface area contributed by atoms with E-state index in [9.17, 15) is 14.0 Å². The van der Waals surface area contributed by atoms with Gasteiger partial charge in [0, 0.05) is 25.6 Å². The maximum Gasteiger partial charge on any atom is 0.345 e. The first-order chi connectivity index (χ1) is 13.0. The molecule has 0 bridgehead atoms. The van der Waals surface area contributed by atoms with Gasteiger partial charge in [-0.15, -0.1) is 5.10 Å². The lowest BCUT2D eigenvalue weighted by molar-refractivity contribution is -0.121. The van der Waals surface area contributed by atoms with Crippen LogP contribution in [0.3, 0.4) is 0 Å². The highest BCUT2D eigenvalue weighted by molar-refractivity contribution is 5.75. The highest BCUT2D eigenvalue weighted by Crippen LogP contribution is 2.27. The van der Waals surface area contributed by atoms with Crippen LogP contribution in [0.5, 0.6) is 0 Å². The summed E-state index contributed by atoms with van der Waals surface area (Å²) < 4.78 is 15.8. The third-order valence-corrected chi connectivity index (χ3v) is 5.29. The molecule has 2 aromatic rings. The number of halogens is 1. The molecule has 1 aromatic carbocycles. The van der Waals surface area contributed by atoms with Gasteiger partial charge in [0.25, 0.3) is 0 Å². The molecule has 1 saturated carbocycles. The number of aromatic nitrogens is 3. The number of hydrogen-bond acceptors (Lipinski definition) is 3. The van der Waals surface area contributed by atoms with Crippen molar-refractivity contribution in [1.82, 2.24) is 19.7 Å². The molecule has 6 nitrogen and oxygen atoms in total. The predicted molar refractivity (Wildman–Crippen MR) is 102 cm³/mol. The minimum Gasteiger partial charge on any atom is -0.354 e. The van der Waals surface area contributed by atoms with E-state index in [1.54, 1.807) is 19.2 Å². The van der Waals surface area contributed by atoms with Crippen LogP contribution < -0.4 is 11.0 Å². The van der Waals surface area contributed by atoms with E-state index < -0.39 is 0 Å². The van der Waals surface area contributed by atoms with Crippen LogP contribution in [-0.4, -0.2) is 26.8 Å². The van der Waals surface area contributed by atoms with Crippen LogP contribution >= 0.6 is 0 Å². The summed E-state index contributed by atoms with van der Waals surface area (Å²) in [6, 6.07) is 5.86. The number of nitrogens with one attached hydrogen (secondary N) is 1. The van der Waals surface area contributed by atoms with Gasteiger partial charge in [0.05, 0.1) is 6.54 Å². The summed E-state index contributed by atoms with van der Waals surface area (Å²) in [5.74, 6) is 0.854. The lowest BCUT2D eigenvalue weighted by Crippen LogP contribution is -2.31. The zero-order valence-corrected chi connectivity index (χ0v) is 15.8. The summed E-state index contributed by atoms with van der Waals surface area (Å²) in [7, 11) is 1.63. The second kappa shape index (κ2) is 8.97. The number of benzene rings is 1. The summed E-state index contributed by atoms with van der Waals surface area (Å²) in [4.78, 5) is 24.3. The zero-order chi connectivity index (χ0) is 19.2. The summed E-state index contributed by atoms with van der Waals surface area (Å²) in [5.41, 5.74) is 0.414. The fourth-order valence-corrected chi connectivity index (χ4v) is 3.68. The monoisotopic (exact) mass is 374 g/mol. The number of hydrogen-bond donors (Lipinski definition) is 1. The van der Waals surface area contributed by atoms with Crippen LogP contribution in [0.1, 0.15) is 44.9 Å². The minimum absolute atomic E-state index is 0.0308. The lowest BCUT2D eigenvalue weighted by Gasteiger charge is -2.20. The second-order valence-corrected chi connectivity index (χ2v) is 7.29. The smallest absolute Gasteiger partial charge is 0.345 e. The van der Waals surface area contributed by atoms with Crippen LogP contribution in [0.4, 0.5) is 4.39 Å². The fourth-order valence-electron chi connectivity index (χ4n) is 3.68. The van der Waals surface area contributed by atoms with Crippen molar-refractivity contribution < 1.29 is 9.18 Å². The molecule has 0 radical (unpaired) electrons. The van der Waals surface area contributed by atoms with Gasteiger partial charge in [0.1, 0.15) is 5.82 Å². The van der Waals surface area contributed by atoms with Gasteiger partial charge in [0.15, 0.2) is 5.82 Å². The molecule has 1 aliphatic carbocycles. The van der Waals surface area contributed by atoms with Gasteiger partial charge in [0.2, 0.25) is 5.91 Å². The van der Waals surface area contributed by atoms with Gasteiger partial charge < -0.3 is 5.32 Å². The molecule has 1 aromatic heterocycles. The molecular formula is C20H27FN4O2. The van der Waals surface area contributed by atoms with E-state index in [0.29, 0.717) is 36.8 Å². The number of carbonyl (C=O) groups excluding carboxylic acids is 1. The third-order valence-electron chi connectivity index (χ3n) is 5.29. The van der Waals surface area contributed by atoms with Gasteiger partial charge in [-0.3, -0.25) is 9.36 Å². The normalized spacial score (nSPS) is 15.0. The van der Waals surface area contributed by atoms with Crippen molar-refractivity contribution in [2.24, 2.45) is 13.0 Å². The summed E-state index contributed by atoms with van der Waals surface area (Å²) >= 11 is 0. The Morgan fingerprint density at radius 1 is 1.22 bits per heavy atom. The predicted octanol–water partition coefficient (Wildman–Crippen LogP) is 2.86. The highest BCUT2D eigenvalue weighted by atomic mass is 19.1. The number of nitrogens with zero attached hydrogens (tertiary/aromatic N) is 3. The van der Waals surface area contributed by atoms with E-state index in [1.165, 1.54) is 53.5 Å². The van der Waals surface area contributed by atoms with Crippen LogP contribution in [-0.2, 0) is 18.4 Å². The minimum atomic E-state index is -0.334. The Morgan fingerprint density at radius 2 is 1.93 bits per heavy atom. The van der Waals surface area contributed by atoms with Crippen LogP contribution in [0.2, 0.25) is 0 Å². The molecule has 0 unspecified atom stereocenters. The number of carbonyl (C=O) groups is 1. The molecule has 0 saturated heterocycles. The molecule has 0 aliphatic heterocycles. The Morgan fingerprint density at radius 3 is 2.63 bits per heavy atom. The molecular weight excluding hydrogens is 347 g/mol. The quantitative estimate of drug-likeness (QED) is 0.810. The summed E-state index contributed by atoms with van der Waals surface area (Å²) in [5, 5.41) is 7.20. The largest absolute Gasteiger partial charge is 0.354 e. The second-order valence-electron chi connectivity index (χ2n) is 7.29. The Hall–Kier alpha value is -2.44. The van der Waals surface area contributed by atoms with Crippen molar-refractivity contribution in [1.29, 1.82) is 0 Å². The van der Waals surface area contributed by atoms with Crippen molar-refractivity contribution in [2.75, 3.05) is 6.54 Å². The highest BCUT2D eigenvalue weighted by Gasteiger charge is 2.15. The summed E-state index contributed by atoms with van der Waals surface area (Å²) in [6.07, 6.45) is 7.86. The standard InChI is InChI=1S/C20H27FN4O2/c1-24-19(16-8-10-17(21)11-9-16)23-25(20(24)27)14-13-22-18(26)12-7-15-5-3-2-4-6-15/h8-11,15H,2-7,12-14H2,1H3,(H,22,26). The third kappa shape index (κ3) is 5.05. The maximum absolute atomic E-state index is 13.1. The van der Waals surface area contributed by atoms with Crippen LogP contribution in [0, 0.1) is 11.7 Å². The molecule has 1 fully saturated rings. The number of amides is 1. The molecule has 1 amide bonds. The van der Waals surface area contributed by atoms with E-state index in [0.717, 1.165) is 6.42 Å². The van der Waals surface area contributed by atoms with Crippen LogP contribution in [0.15, 0.2) is 29.1 Å². The molecule has 3 rings (SSSR count). The molecule has 146 valence electrons. The lowest BCUT2D eigenvalue weighted by atomic mass is 9.86. The van der Waals surface area contributed by atoms with Gasteiger partial charge in [-0.25, -0.2) is 13.9 Å². The first-order valence-corrected chi connectivity index (χ1v) is 9.71. The van der Waals surface area contributed by atoms with Gasteiger partial charge in [-0.1, -0.05) is 32.1 Å². The van der Waals surface area contributed by atoms with Crippen molar-refractivity contribution in [3.8, 4) is 11.4 Å². The average Bonchev–Trinajstić information content (AvgIpc) is 2.96. The first kappa shape index (κ1) is 19.3. The Balaban J connectivity index is 1.50. The SMILES string of the molecule is Cn1c(-c2ccc(F)cc2)nn(CCNC(=O)CCC2CCCCC2)c1=O. The molecule has 0 spiro atoms. The molecule has 1 aliphatic rings. The fraction of sp³-hybridized carbons (Fsp3) is 0.550. The van der Waals surface area contributed by atoms with E-state index in [1.807, 2.05) is 0 Å². The van der Waals surface area contributed by atoms with E-state index in [-0.39, 0.29) is 17.4 Å². The summed E-state index contributed by atoms with van der Waals surface area (Å²) in [6.45, 7) is 0.673. The Bertz CT molecular complexity index is 819. The molecule has 7 heteroatoms. The van der Waals surface area contributed by atoms with E-state index in [2.05, 4.69) is 10.4 Å². The van der Waals surface area contributed by atoms with E-state index >= 15 is 0 Å². The topological polar surface area (TPSA) is 68.9 Å². The van der Waals surface area contributed by atoms with Crippen molar-refractivity contribution in [3.05, 3.63) is 40.6 Å². The van der Waals surface area contributed by atoms with E-state index in [4.69, 9.17) is 0 Å². The molecule has 27 heavy (non-hydrogen) atoms. The number of rotatable bonds is 7. The van der Waals surface area contributed by atoms with Gasteiger partial charge in [-0.05, 0) is 36.6 Å².